The Hall–Kier alpha value is -0.743. The molecule has 0 amide bonds. The summed E-state index contributed by atoms with van der Waals surface area (Å²) in [5.41, 5.74) is 0. The van der Waals surface area contributed by atoms with Crippen molar-refractivity contribution in [3.05, 3.63) is 0 Å². The Balaban J connectivity index is -0.000000143. The number of carbonyl (C=O) groups is 4. The van der Waals surface area contributed by atoms with Crippen LogP contribution in [0.4, 0.5) is 0 Å². The number of carboxylic acids is 4. The monoisotopic (exact) mass is 319 g/mol. The molecule has 0 aromatic rings. The fourth-order valence-corrected chi connectivity index (χ4v) is 0. The van der Waals surface area contributed by atoms with Crippen molar-refractivity contribution in [3.8, 4) is 0 Å². The van der Waals surface area contributed by atoms with E-state index in [4.69, 9.17) is 39.6 Å². The fraction of sp³-hybridized carbons (Fsp3) is 0. The molecule has 0 saturated carbocycles. The molecule has 0 aromatic carbocycles. The quantitative estimate of drug-likeness (QED) is 0.399. The summed E-state index contributed by atoms with van der Waals surface area (Å²) in [4.78, 5) is 36.2. The molecule has 0 aliphatic rings. The SMILES string of the molecule is O=C(O)C(=O)O.O=C([O-])C(=O)O.[Ce]. The van der Waals surface area contributed by atoms with Crippen LogP contribution >= 0.6 is 0 Å². The first kappa shape index (κ1) is 18.1. The van der Waals surface area contributed by atoms with Crippen LogP contribution in [0.1, 0.15) is 0 Å². The molecule has 0 fully saturated rings. The summed E-state index contributed by atoms with van der Waals surface area (Å²) in [7, 11) is 0. The van der Waals surface area contributed by atoms with Crippen molar-refractivity contribution in [3.63, 3.8) is 0 Å². The minimum absolute atomic E-state index is 0. The number of aliphatic carboxylic acids is 4. The average Bonchev–Trinajstić information content (AvgIpc) is 1.88. The summed E-state index contributed by atoms with van der Waals surface area (Å²) in [5, 5.41) is 31.1. The third kappa shape index (κ3) is 18.3. The largest absolute Gasteiger partial charge is 0.539 e. The minimum atomic E-state index is -2.07. The molecule has 3 N–H and O–H groups in total. The molecule has 8 nitrogen and oxygen atoms in total. The van der Waals surface area contributed by atoms with E-state index in [-0.39, 0.29) is 41.7 Å². The van der Waals surface area contributed by atoms with Gasteiger partial charge in [0, 0.05) is 41.7 Å². The number of rotatable bonds is 0. The molecule has 13 heavy (non-hydrogen) atoms. The molecule has 0 atom stereocenters. The van der Waals surface area contributed by atoms with Crippen LogP contribution in [0.15, 0.2) is 0 Å². The molecule has 9 heteroatoms. The van der Waals surface area contributed by atoms with Crippen LogP contribution in [0.3, 0.4) is 0 Å². The van der Waals surface area contributed by atoms with Gasteiger partial charge in [-0.1, -0.05) is 0 Å². The Morgan fingerprint density at radius 2 is 0.923 bits per heavy atom. The molecule has 0 aliphatic heterocycles. The van der Waals surface area contributed by atoms with E-state index in [1.165, 1.54) is 0 Å². The Kier molecular flexibility index (Phi) is 13.0. The zero-order valence-corrected chi connectivity index (χ0v) is 9.02. The molecule has 0 saturated heterocycles. The van der Waals surface area contributed by atoms with Crippen LogP contribution in [0, 0.1) is 41.7 Å². The van der Waals surface area contributed by atoms with E-state index in [9.17, 15) is 0 Å². The van der Waals surface area contributed by atoms with Gasteiger partial charge in [-0.05, 0) is 0 Å². The first-order valence-electron chi connectivity index (χ1n) is 2.19. The average molecular weight is 319 g/mol. The Bertz CT molecular complexity index is 172. The van der Waals surface area contributed by atoms with E-state index < -0.39 is 23.9 Å². The number of hydrogen-bond donors (Lipinski definition) is 3. The van der Waals surface area contributed by atoms with Crippen molar-refractivity contribution in [2.75, 3.05) is 0 Å². The van der Waals surface area contributed by atoms with E-state index in [2.05, 4.69) is 0 Å². The predicted octanol–water partition coefficient (Wildman–Crippen LogP) is -3.02. The van der Waals surface area contributed by atoms with Crippen LogP contribution in [-0.4, -0.2) is 39.2 Å². The van der Waals surface area contributed by atoms with E-state index in [1.807, 2.05) is 0 Å². The van der Waals surface area contributed by atoms with Gasteiger partial charge in [-0.15, -0.1) is 0 Å². The summed E-state index contributed by atoms with van der Waals surface area (Å²) in [6, 6.07) is 0. The summed E-state index contributed by atoms with van der Waals surface area (Å²) >= 11 is 0. The molecule has 0 heterocycles. The first-order chi connectivity index (χ1) is 5.29. The number of carbonyl (C=O) groups excluding carboxylic acids is 1. The molecule has 0 rings (SSSR count). The number of hydrogen-bond acceptors (Lipinski definition) is 5. The van der Waals surface area contributed by atoms with E-state index >= 15 is 0 Å². The second-order valence-corrected chi connectivity index (χ2v) is 1.20. The minimum Gasteiger partial charge on any atom is -0.539 e. The normalized spacial score (nSPS) is 6.77. The van der Waals surface area contributed by atoms with Gasteiger partial charge in [0.2, 0.25) is 0 Å². The Morgan fingerprint density at radius 3 is 0.923 bits per heavy atom. The van der Waals surface area contributed by atoms with Gasteiger partial charge in [-0.2, -0.15) is 0 Å². The first-order valence-corrected chi connectivity index (χ1v) is 2.19. The van der Waals surface area contributed by atoms with E-state index in [1.54, 1.807) is 0 Å². The maximum Gasteiger partial charge on any atom is 0.414 e. The van der Waals surface area contributed by atoms with Crippen molar-refractivity contribution in [1.29, 1.82) is 0 Å². The molecule has 0 unspecified atom stereocenters. The second-order valence-electron chi connectivity index (χ2n) is 1.20. The van der Waals surface area contributed by atoms with Crippen molar-refractivity contribution >= 4 is 23.9 Å². The van der Waals surface area contributed by atoms with Gasteiger partial charge in [0.05, 0.1) is 0 Å². The summed E-state index contributed by atoms with van der Waals surface area (Å²) < 4.78 is 0. The standard InChI is InChI=1S/2C2H2O4.Ce/c2*3-1(4)2(5)6;/h2*(H,3,4)(H,5,6);/p-1. The van der Waals surface area contributed by atoms with Crippen molar-refractivity contribution in [2.24, 2.45) is 0 Å². The zero-order valence-electron chi connectivity index (χ0n) is 5.88. The van der Waals surface area contributed by atoms with Crippen molar-refractivity contribution in [2.45, 2.75) is 0 Å². The third-order valence-corrected chi connectivity index (χ3v) is 0.358. The summed E-state index contributed by atoms with van der Waals surface area (Å²) in [5.74, 6) is -7.66. The van der Waals surface area contributed by atoms with Gasteiger partial charge in [0.1, 0.15) is 0 Å². The fourth-order valence-electron chi connectivity index (χ4n) is 0. The molecule has 0 bridgehead atoms. The van der Waals surface area contributed by atoms with Crippen LogP contribution in [-0.2, 0) is 19.2 Å². The zero-order chi connectivity index (χ0) is 10.3. The third-order valence-electron chi connectivity index (χ3n) is 0.358. The number of carboxylic acid groups (broad SMARTS) is 4. The molecule has 72 valence electrons. The van der Waals surface area contributed by atoms with Gasteiger partial charge in [-0.3, -0.25) is 0 Å². The molecular formula is C4H3CeO8-. The van der Waals surface area contributed by atoms with Crippen LogP contribution in [0.25, 0.3) is 0 Å². The van der Waals surface area contributed by atoms with E-state index in [0.29, 0.717) is 0 Å². The van der Waals surface area contributed by atoms with Crippen molar-refractivity contribution < 1.29 is 81.4 Å². The van der Waals surface area contributed by atoms with Crippen LogP contribution < -0.4 is 5.11 Å². The smallest absolute Gasteiger partial charge is 0.414 e. The molecule has 0 radical (unpaired) electrons. The predicted molar refractivity (Wildman–Crippen MR) is 27.9 cm³/mol. The van der Waals surface area contributed by atoms with Crippen LogP contribution in [0.5, 0.6) is 0 Å². The second kappa shape index (κ2) is 9.35. The van der Waals surface area contributed by atoms with Gasteiger partial charge in [-0.25, -0.2) is 14.4 Å². The summed E-state index contributed by atoms with van der Waals surface area (Å²) in [6.45, 7) is 0. The molecule has 0 spiro atoms. The maximum atomic E-state index is 9.10. The van der Waals surface area contributed by atoms with Crippen molar-refractivity contribution in [1.82, 2.24) is 0 Å². The van der Waals surface area contributed by atoms with Gasteiger partial charge < -0.3 is 25.2 Å². The molecular weight excluding hydrogens is 316 g/mol. The van der Waals surface area contributed by atoms with Crippen LogP contribution in [0.2, 0.25) is 0 Å². The molecule has 0 aromatic heterocycles. The van der Waals surface area contributed by atoms with Gasteiger partial charge in [0.15, 0.2) is 5.97 Å². The van der Waals surface area contributed by atoms with Gasteiger partial charge >= 0.3 is 17.9 Å². The molecule has 0 aliphatic carbocycles. The maximum absolute atomic E-state index is 9.10. The van der Waals surface area contributed by atoms with E-state index in [0.717, 1.165) is 0 Å². The summed E-state index contributed by atoms with van der Waals surface area (Å²) in [6.07, 6.45) is 0. The van der Waals surface area contributed by atoms with Gasteiger partial charge in [0.25, 0.3) is 0 Å². The Morgan fingerprint density at radius 1 is 0.769 bits per heavy atom. The Labute approximate surface area is 105 Å². The topological polar surface area (TPSA) is 152 Å².